The minimum absolute atomic E-state index is 0.183. The molecule has 15 heavy (non-hydrogen) atoms. The maximum atomic E-state index is 5.92. The van der Waals surface area contributed by atoms with Crippen LogP contribution in [0.2, 0.25) is 0 Å². The van der Waals surface area contributed by atoms with Gasteiger partial charge in [0.15, 0.2) is 0 Å². The van der Waals surface area contributed by atoms with Crippen LogP contribution in [0.15, 0.2) is 0 Å². The number of rotatable bonds is 9. The zero-order valence-electron chi connectivity index (χ0n) is 11.0. The monoisotopic (exact) mass is 215 g/mol. The highest BCUT2D eigenvalue weighted by Gasteiger charge is 2.14. The van der Waals surface area contributed by atoms with Gasteiger partial charge in [-0.1, -0.05) is 39.5 Å². The van der Waals surface area contributed by atoms with Crippen molar-refractivity contribution in [2.24, 2.45) is 5.73 Å². The number of ether oxygens (including phenoxy) is 1. The van der Waals surface area contributed by atoms with E-state index in [9.17, 15) is 0 Å². The average molecular weight is 215 g/mol. The van der Waals surface area contributed by atoms with E-state index in [0.29, 0.717) is 6.10 Å². The summed E-state index contributed by atoms with van der Waals surface area (Å²) in [6, 6.07) is 0.183. The van der Waals surface area contributed by atoms with Gasteiger partial charge in [-0.3, -0.25) is 0 Å². The van der Waals surface area contributed by atoms with E-state index in [0.717, 1.165) is 6.42 Å². The van der Waals surface area contributed by atoms with E-state index in [2.05, 4.69) is 27.7 Å². The molecule has 0 saturated carbocycles. The second-order valence-electron chi connectivity index (χ2n) is 4.57. The standard InChI is InChI=1S/C13H29NO/c1-5-7-8-9-10-11(3)15-12(4)13(14)6-2/h11-13H,5-10,14H2,1-4H3. The zero-order valence-corrected chi connectivity index (χ0v) is 11.0. The molecule has 0 aromatic heterocycles. The van der Waals surface area contributed by atoms with Crippen molar-refractivity contribution in [2.45, 2.75) is 84.5 Å². The molecule has 0 aliphatic heterocycles. The van der Waals surface area contributed by atoms with Gasteiger partial charge in [-0.2, -0.15) is 0 Å². The molecule has 2 N–H and O–H groups in total. The Kier molecular flexibility index (Phi) is 9.12. The Balaban J connectivity index is 3.50. The van der Waals surface area contributed by atoms with Crippen LogP contribution in [0.3, 0.4) is 0 Å². The van der Waals surface area contributed by atoms with Gasteiger partial charge in [0, 0.05) is 6.04 Å². The highest BCUT2D eigenvalue weighted by atomic mass is 16.5. The Hall–Kier alpha value is -0.0800. The van der Waals surface area contributed by atoms with Crippen molar-refractivity contribution < 1.29 is 4.74 Å². The topological polar surface area (TPSA) is 35.2 Å². The predicted octanol–water partition coefficient (Wildman–Crippen LogP) is 3.49. The van der Waals surface area contributed by atoms with E-state index in [4.69, 9.17) is 10.5 Å². The Labute approximate surface area is 95.6 Å². The van der Waals surface area contributed by atoms with Gasteiger partial charge in [0.2, 0.25) is 0 Å². The highest BCUT2D eigenvalue weighted by molar-refractivity contribution is 4.68. The molecule has 0 amide bonds. The van der Waals surface area contributed by atoms with Crippen LogP contribution in [0.4, 0.5) is 0 Å². The number of hydrogen-bond acceptors (Lipinski definition) is 2. The lowest BCUT2D eigenvalue weighted by Crippen LogP contribution is -2.35. The molecule has 0 bridgehead atoms. The van der Waals surface area contributed by atoms with Gasteiger partial charge in [-0.15, -0.1) is 0 Å². The second-order valence-corrected chi connectivity index (χ2v) is 4.57. The summed E-state index contributed by atoms with van der Waals surface area (Å²) in [5.74, 6) is 0. The molecule has 3 atom stereocenters. The lowest BCUT2D eigenvalue weighted by Gasteiger charge is -2.23. The minimum Gasteiger partial charge on any atom is -0.374 e. The molecule has 0 aliphatic rings. The van der Waals surface area contributed by atoms with E-state index in [1.807, 2.05) is 0 Å². The van der Waals surface area contributed by atoms with Crippen LogP contribution < -0.4 is 5.73 Å². The highest BCUT2D eigenvalue weighted by Crippen LogP contribution is 2.11. The first-order valence-corrected chi connectivity index (χ1v) is 6.52. The first-order chi connectivity index (χ1) is 7.11. The van der Waals surface area contributed by atoms with Crippen LogP contribution in [0, 0.1) is 0 Å². The van der Waals surface area contributed by atoms with Crippen LogP contribution in [-0.4, -0.2) is 18.2 Å². The van der Waals surface area contributed by atoms with Crippen LogP contribution in [0.5, 0.6) is 0 Å². The third kappa shape index (κ3) is 7.80. The first-order valence-electron chi connectivity index (χ1n) is 6.52. The van der Waals surface area contributed by atoms with Crippen molar-refractivity contribution >= 4 is 0 Å². The van der Waals surface area contributed by atoms with Crippen LogP contribution >= 0.6 is 0 Å². The van der Waals surface area contributed by atoms with Gasteiger partial charge in [0.05, 0.1) is 12.2 Å². The molecular weight excluding hydrogens is 186 g/mol. The number of hydrogen-bond donors (Lipinski definition) is 1. The Bertz CT molecular complexity index is 138. The molecule has 0 spiro atoms. The van der Waals surface area contributed by atoms with E-state index in [1.165, 1.54) is 32.1 Å². The fourth-order valence-corrected chi connectivity index (χ4v) is 1.73. The van der Waals surface area contributed by atoms with Crippen molar-refractivity contribution in [3.8, 4) is 0 Å². The summed E-state index contributed by atoms with van der Waals surface area (Å²) in [5, 5.41) is 0. The van der Waals surface area contributed by atoms with E-state index < -0.39 is 0 Å². The van der Waals surface area contributed by atoms with Gasteiger partial charge < -0.3 is 10.5 Å². The SMILES string of the molecule is CCCCCCC(C)OC(C)C(N)CC. The molecule has 0 rings (SSSR count). The normalized spacial score (nSPS) is 17.4. The summed E-state index contributed by atoms with van der Waals surface area (Å²) < 4.78 is 5.86. The predicted molar refractivity (Wildman–Crippen MR) is 67.0 cm³/mol. The summed E-state index contributed by atoms with van der Waals surface area (Å²) in [4.78, 5) is 0. The molecule has 0 aliphatic carbocycles. The molecule has 0 heterocycles. The van der Waals surface area contributed by atoms with Crippen LogP contribution in [0.25, 0.3) is 0 Å². The molecule has 92 valence electrons. The summed E-state index contributed by atoms with van der Waals surface area (Å²) in [5.41, 5.74) is 5.92. The van der Waals surface area contributed by atoms with Crippen molar-refractivity contribution in [1.82, 2.24) is 0 Å². The van der Waals surface area contributed by atoms with E-state index >= 15 is 0 Å². The maximum Gasteiger partial charge on any atom is 0.0701 e. The Morgan fingerprint density at radius 3 is 2.27 bits per heavy atom. The van der Waals surface area contributed by atoms with Gasteiger partial charge in [-0.05, 0) is 26.7 Å². The molecular formula is C13H29NO. The van der Waals surface area contributed by atoms with Gasteiger partial charge in [-0.25, -0.2) is 0 Å². The maximum absolute atomic E-state index is 5.92. The Morgan fingerprint density at radius 1 is 1.07 bits per heavy atom. The summed E-state index contributed by atoms with van der Waals surface area (Å²) in [6.07, 6.45) is 7.96. The lowest BCUT2D eigenvalue weighted by molar-refractivity contribution is -0.0105. The van der Waals surface area contributed by atoms with Crippen molar-refractivity contribution in [3.05, 3.63) is 0 Å². The van der Waals surface area contributed by atoms with Crippen molar-refractivity contribution in [1.29, 1.82) is 0 Å². The summed E-state index contributed by atoms with van der Waals surface area (Å²) >= 11 is 0. The molecule has 0 aromatic rings. The van der Waals surface area contributed by atoms with E-state index in [1.54, 1.807) is 0 Å². The molecule has 0 aromatic carbocycles. The first kappa shape index (κ1) is 14.9. The smallest absolute Gasteiger partial charge is 0.0701 e. The van der Waals surface area contributed by atoms with Gasteiger partial charge in [0.25, 0.3) is 0 Å². The third-order valence-electron chi connectivity index (χ3n) is 2.99. The third-order valence-corrected chi connectivity index (χ3v) is 2.99. The minimum atomic E-state index is 0.183. The lowest BCUT2D eigenvalue weighted by atomic mass is 10.1. The fourth-order valence-electron chi connectivity index (χ4n) is 1.73. The second kappa shape index (κ2) is 9.17. The zero-order chi connectivity index (χ0) is 11.7. The molecule has 3 unspecified atom stereocenters. The quantitative estimate of drug-likeness (QED) is 0.598. The summed E-state index contributed by atoms with van der Waals surface area (Å²) in [6.45, 7) is 8.58. The number of unbranched alkanes of at least 4 members (excludes halogenated alkanes) is 3. The molecule has 0 fully saturated rings. The van der Waals surface area contributed by atoms with Crippen LogP contribution in [0.1, 0.15) is 66.2 Å². The van der Waals surface area contributed by atoms with Gasteiger partial charge in [0.1, 0.15) is 0 Å². The largest absolute Gasteiger partial charge is 0.374 e. The molecule has 0 saturated heterocycles. The van der Waals surface area contributed by atoms with Gasteiger partial charge >= 0.3 is 0 Å². The van der Waals surface area contributed by atoms with Crippen molar-refractivity contribution in [2.75, 3.05) is 0 Å². The number of nitrogens with two attached hydrogens (primary N) is 1. The van der Waals surface area contributed by atoms with E-state index in [-0.39, 0.29) is 12.1 Å². The average Bonchev–Trinajstić information content (AvgIpc) is 2.23. The van der Waals surface area contributed by atoms with Crippen LogP contribution in [-0.2, 0) is 4.74 Å². The molecule has 2 heteroatoms. The van der Waals surface area contributed by atoms with Crippen molar-refractivity contribution in [3.63, 3.8) is 0 Å². The molecule has 0 radical (unpaired) electrons. The molecule has 2 nitrogen and oxygen atoms in total. The Morgan fingerprint density at radius 2 is 1.73 bits per heavy atom. The summed E-state index contributed by atoms with van der Waals surface area (Å²) in [7, 11) is 0. The fraction of sp³-hybridized carbons (Fsp3) is 1.00.